The van der Waals surface area contributed by atoms with Crippen LogP contribution in [0.25, 0.3) is 0 Å². The summed E-state index contributed by atoms with van der Waals surface area (Å²) < 4.78 is 5.23. The third-order valence-electron chi connectivity index (χ3n) is 2.95. The highest BCUT2D eigenvalue weighted by Crippen LogP contribution is 2.28. The Hall–Kier alpha value is -2.08. The first-order chi connectivity index (χ1) is 9.45. The second kappa shape index (κ2) is 5.92. The van der Waals surface area contributed by atoms with Crippen LogP contribution in [0.1, 0.15) is 30.6 Å². The molecular weight excluding hydrogens is 260 g/mol. The summed E-state index contributed by atoms with van der Waals surface area (Å²) in [6, 6.07) is 4.74. The van der Waals surface area contributed by atoms with E-state index in [0.717, 1.165) is 0 Å². The van der Waals surface area contributed by atoms with Crippen molar-refractivity contribution in [2.24, 2.45) is 0 Å². The van der Waals surface area contributed by atoms with Gasteiger partial charge in [0.2, 0.25) is 0 Å². The van der Waals surface area contributed by atoms with Crippen molar-refractivity contribution < 1.29 is 19.4 Å². The van der Waals surface area contributed by atoms with Gasteiger partial charge in [0.05, 0.1) is 11.8 Å². The van der Waals surface area contributed by atoms with Crippen molar-refractivity contribution in [2.75, 3.05) is 11.9 Å². The van der Waals surface area contributed by atoms with E-state index in [-0.39, 0.29) is 24.5 Å². The lowest BCUT2D eigenvalue weighted by Gasteiger charge is -2.19. The summed E-state index contributed by atoms with van der Waals surface area (Å²) in [6.45, 7) is 3.49. The van der Waals surface area contributed by atoms with E-state index in [0.29, 0.717) is 23.4 Å². The molecule has 2 unspecified atom stereocenters. The van der Waals surface area contributed by atoms with Crippen molar-refractivity contribution in [1.82, 2.24) is 5.32 Å². The molecule has 0 spiro atoms. The van der Waals surface area contributed by atoms with E-state index < -0.39 is 6.10 Å². The number of nitrogens with one attached hydrogen (secondary N) is 2. The molecule has 3 N–H and O–H groups in total. The summed E-state index contributed by atoms with van der Waals surface area (Å²) in [5, 5.41) is 14.7. The fourth-order valence-electron chi connectivity index (χ4n) is 2.10. The van der Waals surface area contributed by atoms with Gasteiger partial charge in [0, 0.05) is 11.6 Å². The van der Waals surface area contributed by atoms with E-state index in [1.54, 1.807) is 25.1 Å². The lowest BCUT2D eigenvalue weighted by Crippen LogP contribution is -2.34. The summed E-state index contributed by atoms with van der Waals surface area (Å²) >= 11 is 0. The van der Waals surface area contributed by atoms with Gasteiger partial charge < -0.3 is 20.5 Å². The lowest BCUT2D eigenvalue weighted by molar-refractivity contribution is -0.118. The lowest BCUT2D eigenvalue weighted by atomic mass is 10.1. The molecule has 2 amide bonds. The number of aliphatic hydroxyl groups is 1. The Balaban J connectivity index is 2.07. The summed E-state index contributed by atoms with van der Waals surface area (Å²) in [4.78, 5) is 23.3. The number of hydrogen-bond donors (Lipinski definition) is 3. The van der Waals surface area contributed by atoms with E-state index in [4.69, 9.17) is 4.74 Å². The molecule has 108 valence electrons. The van der Waals surface area contributed by atoms with E-state index in [2.05, 4.69) is 10.6 Å². The molecule has 6 nitrogen and oxygen atoms in total. The van der Waals surface area contributed by atoms with Crippen LogP contribution in [0.5, 0.6) is 5.75 Å². The van der Waals surface area contributed by atoms with Gasteiger partial charge in [0.1, 0.15) is 5.75 Å². The van der Waals surface area contributed by atoms with Gasteiger partial charge in [-0.3, -0.25) is 9.59 Å². The minimum Gasteiger partial charge on any atom is -0.482 e. The van der Waals surface area contributed by atoms with Crippen LogP contribution >= 0.6 is 0 Å². The van der Waals surface area contributed by atoms with Crippen molar-refractivity contribution in [3.63, 3.8) is 0 Å². The van der Waals surface area contributed by atoms with Crippen molar-refractivity contribution >= 4 is 17.5 Å². The summed E-state index contributed by atoms with van der Waals surface area (Å²) in [6.07, 6.45) is 0.0119. The van der Waals surface area contributed by atoms with Gasteiger partial charge in [0.25, 0.3) is 11.8 Å². The first-order valence-corrected chi connectivity index (χ1v) is 6.51. The maximum atomic E-state index is 12.1. The van der Waals surface area contributed by atoms with Gasteiger partial charge in [0.15, 0.2) is 6.61 Å². The Kier molecular flexibility index (Phi) is 4.24. The van der Waals surface area contributed by atoms with Crippen LogP contribution < -0.4 is 15.4 Å². The Bertz CT molecular complexity index is 528. The van der Waals surface area contributed by atoms with Crippen molar-refractivity contribution in [3.8, 4) is 5.75 Å². The molecule has 0 radical (unpaired) electrons. The predicted molar refractivity (Wildman–Crippen MR) is 73.8 cm³/mol. The largest absolute Gasteiger partial charge is 0.482 e. The molecule has 2 atom stereocenters. The highest BCUT2D eigenvalue weighted by molar-refractivity contribution is 5.99. The molecule has 6 heteroatoms. The maximum Gasteiger partial charge on any atom is 0.262 e. The van der Waals surface area contributed by atoms with E-state index in [1.165, 1.54) is 0 Å². The standard InChI is InChI=1S/C14H18N2O4/c1-8(5-9(2)17)15-14(19)10-3-4-12-11(6-10)16-13(18)7-20-12/h3-4,6,8-9,17H,5,7H2,1-2H3,(H,15,19)(H,16,18). The molecule has 1 aromatic carbocycles. The van der Waals surface area contributed by atoms with Crippen LogP contribution in [-0.2, 0) is 4.79 Å². The maximum absolute atomic E-state index is 12.1. The number of benzene rings is 1. The number of carbonyl (C=O) groups excluding carboxylic acids is 2. The summed E-state index contributed by atoms with van der Waals surface area (Å²) in [5.41, 5.74) is 0.934. The zero-order chi connectivity index (χ0) is 14.7. The molecule has 0 bridgehead atoms. The third-order valence-corrected chi connectivity index (χ3v) is 2.95. The fourth-order valence-corrected chi connectivity index (χ4v) is 2.10. The SMILES string of the molecule is CC(O)CC(C)NC(=O)c1ccc2c(c1)NC(=O)CO2. The van der Waals surface area contributed by atoms with Crippen molar-refractivity contribution in [1.29, 1.82) is 0 Å². The number of aliphatic hydroxyl groups excluding tert-OH is 1. The molecule has 0 aliphatic carbocycles. The molecule has 0 saturated carbocycles. The monoisotopic (exact) mass is 278 g/mol. The minimum absolute atomic E-state index is 0.00995. The number of fused-ring (bicyclic) bond motifs is 1. The highest BCUT2D eigenvalue weighted by Gasteiger charge is 2.18. The Morgan fingerprint density at radius 3 is 2.95 bits per heavy atom. The fraction of sp³-hybridized carbons (Fsp3) is 0.429. The number of amides is 2. The quantitative estimate of drug-likeness (QED) is 0.764. The van der Waals surface area contributed by atoms with Crippen LogP contribution in [0, 0.1) is 0 Å². The predicted octanol–water partition coefficient (Wildman–Crippen LogP) is 0.907. The first kappa shape index (κ1) is 14.3. The Morgan fingerprint density at radius 2 is 2.25 bits per heavy atom. The Morgan fingerprint density at radius 1 is 1.50 bits per heavy atom. The van der Waals surface area contributed by atoms with Crippen molar-refractivity contribution in [2.45, 2.75) is 32.4 Å². The van der Waals surface area contributed by atoms with Crippen LogP contribution in [0.4, 0.5) is 5.69 Å². The second-order valence-electron chi connectivity index (χ2n) is 5.01. The summed E-state index contributed by atoms with van der Waals surface area (Å²) in [5.74, 6) is 0.0662. The number of rotatable bonds is 4. The van der Waals surface area contributed by atoms with Crippen LogP contribution in [0.3, 0.4) is 0 Å². The van der Waals surface area contributed by atoms with E-state index in [9.17, 15) is 14.7 Å². The average molecular weight is 278 g/mol. The molecule has 1 aliphatic rings. The third kappa shape index (κ3) is 3.48. The highest BCUT2D eigenvalue weighted by atomic mass is 16.5. The van der Waals surface area contributed by atoms with Crippen LogP contribution in [0.15, 0.2) is 18.2 Å². The molecule has 0 aromatic heterocycles. The van der Waals surface area contributed by atoms with Gasteiger partial charge in [-0.25, -0.2) is 0 Å². The topological polar surface area (TPSA) is 87.7 Å². The second-order valence-corrected chi connectivity index (χ2v) is 5.01. The molecular formula is C14H18N2O4. The average Bonchev–Trinajstić information content (AvgIpc) is 2.36. The number of ether oxygens (including phenoxy) is 1. The molecule has 1 heterocycles. The van der Waals surface area contributed by atoms with Crippen LogP contribution in [-0.4, -0.2) is 35.7 Å². The summed E-state index contributed by atoms with van der Waals surface area (Å²) in [7, 11) is 0. The Labute approximate surface area is 117 Å². The van der Waals surface area contributed by atoms with Crippen molar-refractivity contribution in [3.05, 3.63) is 23.8 Å². The molecule has 1 aromatic rings. The zero-order valence-electron chi connectivity index (χ0n) is 11.5. The smallest absolute Gasteiger partial charge is 0.262 e. The number of carbonyl (C=O) groups is 2. The molecule has 1 aliphatic heterocycles. The minimum atomic E-state index is -0.471. The van der Waals surface area contributed by atoms with E-state index >= 15 is 0 Å². The number of anilines is 1. The molecule has 2 rings (SSSR count). The van der Waals surface area contributed by atoms with Gasteiger partial charge in [-0.2, -0.15) is 0 Å². The normalized spacial score (nSPS) is 16.4. The van der Waals surface area contributed by atoms with Gasteiger partial charge in [-0.05, 0) is 38.5 Å². The first-order valence-electron chi connectivity index (χ1n) is 6.51. The molecule has 20 heavy (non-hydrogen) atoms. The molecule has 0 saturated heterocycles. The molecule has 0 fully saturated rings. The van der Waals surface area contributed by atoms with Gasteiger partial charge in [-0.1, -0.05) is 0 Å². The van der Waals surface area contributed by atoms with E-state index in [1.807, 2.05) is 6.92 Å². The van der Waals surface area contributed by atoms with Gasteiger partial charge in [-0.15, -0.1) is 0 Å². The van der Waals surface area contributed by atoms with Crippen LogP contribution in [0.2, 0.25) is 0 Å². The zero-order valence-corrected chi connectivity index (χ0v) is 11.5. The van der Waals surface area contributed by atoms with Gasteiger partial charge >= 0.3 is 0 Å². The number of hydrogen-bond acceptors (Lipinski definition) is 4.